The van der Waals surface area contributed by atoms with Gasteiger partial charge < -0.3 is 20.2 Å². The lowest BCUT2D eigenvalue weighted by Gasteiger charge is -2.48. The van der Waals surface area contributed by atoms with Gasteiger partial charge in [-0.3, -0.25) is 14.5 Å². The fourth-order valence-electron chi connectivity index (χ4n) is 5.51. The van der Waals surface area contributed by atoms with Crippen LogP contribution in [0.2, 0.25) is 10.0 Å². The average molecular weight is 603 g/mol. The van der Waals surface area contributed by atoms with Crippen LogP contribution in [0.15, 0.2) is 30.3 Å². The monoisotopic (exact) mass is 602 g/mol. The first-order valence-electron chi connectivity index (χ1n) is 12.9. The molecule has 216 valence electrons. The van der Waals surface area contributed by atoms with E-state index in [9.17, 15) is 32.3 Å². The average Bonchev–Trinajstić information content (AvgIpc) is 2.83. The molecule has 5 rings (SSSR count). The van der Waals surface area contributed by atoms with E-state index in [4.69, 9.17) is 23.2 Å². The van der Waals surface area contributed by atoms with Gasteiger partial charge in [0, 0.05) is 44.0 Å². The van der Waals surface area contributed by atoms with E-state index >= 15 is 0 Å². The molecule has 40 heavy (non-hydrogen) atoms. The second-order valence-electron chi connectivity index (χ2n) is 10.9. The molecule has 0 spiro atoms. The van der Waals surface area contributed by atoms with Crippen molar-refractivity contribution in [2.75, 3.05) is 44.6 Å². The smallest absolute Gasteiger partial charge is 0.282 e. The van der Waals surface area contributed by atoms with E-state index in [1.54, 1.807) is 12.1 Å². The van der Waals surface area contributed by atoms with Crippen molar-refractivity contribution in [1.29, 1.82) is 0 Å². The normalized spacial score (nSPS) is 21.4. The van der Waals surface area contributed by atoms with Crippen LogP contribution in [0, 0.1) is 11.6 Å². The highest BCUT2D eigenvalue weighted by Gasteiger charge is 2.47. The van der Waals surface area contributed by atoms with Gasteiger partial charge in [0.2, 0.25) is 0 Å². The van der Waals surface area contributed by atoms with Crippen LogP contribution in [-0.4, -0.2) is 88.9 Å². The standard InChI is InChI=1S/C27H28Cl2F4N4O3/c1-26(40,15-6-16(30)8-17(31)7-15)25(39)35-4-2-20(3-5-35)36-11-19(12-36)34-18-9-21(28)23(22(29)10-18)24(38)37-13-27(32,33)14-37/h6-10,19-20,34,40H,2-5,11-14H2,1H3/t26-/m0/s1. The molecule has 0 aliphatic carbocycles. The SMILES string of the molecule is C[C@@](O)(C(=O)N1CCC(N2CC(Nc3cc(Cl)c(C(=O)N4CC(F)(F)C4)c(Cl)c3)C2)CC1)c1cc(F)cc(F)c1. The topological polar surface area (TPSA) is 76.1 Å². The van der Waals surface area contributed by atoms with Crippen molar-refractivity contribution >= 4 is 40.7 Å². The van der Waals surface area contributed by atoms with Crippen LogP contribution in [-0.2, 0) is 10.4 Å². The number of carbonyl (C=O) groups excluding carboxylic acids is 2. The van der Waals surface area contributed by atoms with Gasteiger partial charge in [0.15, 0.2) is 5.60 Å². The number of hydrogen-bond acceptors (Lipinski definition) is 5. The minimum Gasteiger partial charge on any atom is -0.380 e. The van der Waals surface area contributed by atoms with Crippen molar-refractivity contribution < 1.29 is 32.3 Å². The maximum Gasteiger partial charge on any atom is 0.282 e. The second-order valence-corrected chi connectivity index (χ2v) is 11.7. The Balaban J connectivity index is 1.11. The van der Waals surface area contributed by atoms with E-state index in [0.717, 1.165) is 30.1 Å². The van der Waals surface area contributed by atoms with Gasteiger partial charge >= 0.3 is 0 Å². The van der Waals surface area contributed by atoms with Gasteiger partial charge in [-0.05, 0) is 49.6 Å². The van der Waals surface area contributed by atoms with E-state index in [1.165, 1.54) is 11.8 Å². The summed E-state index contributed by atoms with van der Waals surface area (Å²) in [7, 11) is 0. The van der Waals surface area contributed by atoms with Gasteiger partial charge in [-0.1, -0.05) is 23.2 Å². The van der Waals surface area contributed by atoms with Crippen molar-refractivity contribution in [2.45, 2.75) is 43.4 Å². The molecule has 3 aliphatic rings. The number of hydrogen-bond donors (Lipinski definition) is 2. The molecule has 13 heteroatoms. The van der Waals surface area contributed by atoms with E-state index in [2.05, 4.69) is 10.2 Å². The lowest BCUT2D eigenvalue weighted by molar-refractivity contribution is -0.152. The van der Waals surface area contributed by atoms with Crippen LogP contribution >= 0.6 is 23.2 Å². The Morgan fingerprint density at radius 1 is 0.975 bits per heavy atom. The molecule has 1 atom stereocenters. The van der Waals surface area contributed by atoms with Gasteiger partial charge in [-0.25, -0.2) is 17.6 Å². The van der Waals surface area contributed by atoms with E-state index in [1.807, 2.05) is 0 Å². The van der Waals surface area contributed by atoms with Crippen LogP contribution < -0.4 is 5.32 Å². The summed E-state index contributed by atoms with van der Waals surface area (Å²) in [5.74, 6) is -5.85. The third-order valence-electron chi connectivity index (χ3n) is 7.78. The van der Waals surface area contributed by atoms with Gasteiger partial charge in [0.1, 0.15) is 11.6 Å². The molecule has 3 aliphatic heterocycles. The molecular formula is C27H28Cl2F4N4O3. The zero-order valence-electron chi connectivity index (χ0n) is 21.6. The fraction of sp³-hybridized carbons (Fsp3) is 0.481. The number of alkyl halides is 2. The van der Waals surface area contributed by atoms with Gasteiger partial charge in [0.05, 0.1) is 34.7 Å². The molecule has 3 fully saturated rings. The highest BCUT2D eigenvalue weighted by atomic mass is 35.5. The molecule has 0 aromatic heterocycles. The number of nitrogens with one attached hydrogen (secondary N) is 1. The maximum absolute atomic E-state index is 13.6. The van der Waals surface area contributed by atoms with Crippen LogP contribution in [0.25, 0.3) is 0 Å². The number of benzene rings is 2. The minimum absolute atomic E-state index is 0.00226. The third kappa shape index (κ3) is 5.74. The zero-order chi connectivity index (χ0) is 29.0. The van der Waals surface area contributed by atoms with Gasteiger partial charge in [0.25, 0.3) is 17.7 Å². The summed E-state index contributed by atoms with van der Waals surface area (Å²) in [4.78, 5) is 30.3. The third-order valence-corrected chi connectivity index (χ3v) is 8.37. The molecule has 0 radical (unpaired) electrons. The predicted molar refractivity (Wildman–Crippen MR) is 142 cm³/mol. The number of halogens is 6. The van der Waals surface area contributed by atoms with Crippen molar-refractivity contribution in [1.82, 2.24) is 14.7 Å². The Hall–Kier alpha value is -2.60. The summed E-state index contributed by atoms with van der Waals surface area (Å²) in [6.45, 7) is 2.16. The molecular weight excluding hydrogens is 575 g/mol. The Morgan fingerprint density at radius 2 is 1.52 bits per heavy atom. The second kappa shape index (κ2) is 10.7. The number of likely N-dealkylation sites (tertiary alicyclic amines) is 3. The highest BCUT2D eigenvalue weighted by Crippen LogP contribution is 2.35. The largest absolute Gasteiger partial charge is 0.380 e. The molecule has 0 saturated carbocycles. The van der Waals surface area contributed by atoms with Crippen molar-refractivity contribution in [3.63, 3.8) is 0 Å². The summed E-state index contributed by atoms with van der Waals surface area (Å²) >= 11 is 12.6. The first kappa shape index (κ1) is 28.9. The van der Waals surface area contributed by atoms with Crippen LogP contribution in [0.1, 0.15) is 35.7 Å². The summed E-state index contributed by atoms with van der Waals surface area (Å²) in [5.41, 5.74) is -1.57. The number of piperidine rings is 1. The number of carbonyl (C=O) groups is 2. The van der Waals surface area contributed by atoms with E-state index in [-0.39, 0.29) is 33.3 Å². The first-order chi connectivity index (χ1) is 18.7. The molecule has 7 nitrogen and oxygen atoms in total. The first-order valence-corrected chi connectivity index (χ1v) is 13.6. The number of anilines is 1. The quantitative estimate of drug-likeness (QED) is 0.481. The van der Waals surface area contributed by atoms with Crippen molar-refractivity contribution in [2.24, 2.45) is 0 Å². The van der Waals surface area contributed by atoms with Crippen molar-refractivity contribution in [3.8, 4) is 0 Å². The lowest BCUT2D eigenvalue weighted by Crippen LogP contribution is -2.61. The fourth-order valence-corrected chi connectivity index (χ4v) is 6.16. The number of amides is 2. The molecule has 3 saturated heterocycles. The van der Waals surface area contributed by atoms with Crippen LogP contribution in [0.5, 0.6) is 0 Å². The summed E-state index contributed by atoms with van der Waals surface area (Å²) in [6, 6.07) is 6.03. The number of aliphatic hydroxyl groups is 1. The van der Waals surface area contributed by atoms with Crippen molar-refractivity contribution in [3.05, 3.63) is 63.1 Å². The number of nitrogens with zero attached hydrogens (tertiary/aromatic N) is 3. The molecule has 3 heterocycles. The maximum atomic E-state index is 13.6. The Morgan fingerprint density at radius 3 is 2.05 bits per heavy atom. The highest BCUT2D eigenvalue weighted by molar-refractivity contribution is 6.40. The molecule has 2 N–H and O–H groups in total. The molecule has 2 aromatic rings. The Labute approximate surface area is 238 Å². The summed E-state index contributed by atoms with van der Waals surface area (Å²) in [5, 5.41) is 14.3. The minimum atomic E-state index is -2.89. The molecule has 2 aromatic carbocycles. The molecule has 0 bridgehead atoms. The summed E-state index contributed by atoms with van der Waals surface area (Å²) in [6.07, 6.45) is 1.35. The zero-order valence-corrected chi connectivity index (χ0v) is 23.1. The molecule has 0 unspecified atom stereocenters. The predicted octanol–water partition coefficient (Wildman–Crippen LogP) is 4.36. The van der Waals surface area contributed by atoms with E-state index in [0.29, 0.717) is 37.7 Å². The summed E-state index contributed by atoms with van der Waals surface area (Å²) < 4.78 is 53.6. The van der Waals surface area contributed by atoms with Gasteiger partial charge in [-0.15, -0.1) is 0 Å². The molecule has 2 amide bonds. The Bertz CT molecular complexity index is 1280. The van der Waals surface area contributed by atoms with Crippen LogP contribution in [0.3, 0.4) is 0 Å². The lowest BCUT2D eigenvalue weighted by atomic mass is 9.91. The number of rotatable bonds is 6. The van der Waals surface area contributed by atoms with E-state index < -0.39 is 48.1 Å². The Kier molecular flexibility index (Phi) is 7.71. The van der Waals surface area contributed by atoms with Gasteiger partial charge in [-0.2, -0.15) is 0 Å². The van der Waals surface area contributed by atoms with Crippen LogP contribution in [0.4, 0.5) is 23.2 Å².